The number of benzene rings is 1. The average molecular weight is 360 g/mol. The number of aromatic amines is 1. The van der Waals surface area contributed by atoms with Crippen LogP contribution in [-0.2, 0) is 24.1 Å². The lowest BCUT2D eigenvalue weighted by Gasteiger charge is -2.17. The Hall–Kier alpha value is -3.28. The van der Waals surface area contributed by atoms with Gasteiger partial charge in [0.05, 0.1) is 12.1 Å². The molecule has 0 saturated heterocycles. The number of amides is 1. The fourth-order valence-corrected chi connectivity index (χ4v) is 3.53. The van der Waals surface area contributed by atoms with E-state index in [4.69, 9.17) is 0 Å². The number of hydrogen-bond donors (Lipinski definition) is 2. The predicted molar refractivity (Wildman–Crippen MR) is 104 cm³/mol. The summed E-state index contributed by atoms with van der Waals surface area (Å²) in [6, 6.07) is 11.2. The van der Waals surface area contributed by atoms with Crippen molar-refractivity contribution >= 4 is 11.6 Å². The smallest absolute Gasteiger partial charge is 0.267 e. The van der Waals surface area contributed by atoms with E-state index >= 15 is 0 Å². The van der Waals surface area contributed by atoms with Gasteiger partial charge >= 0.3 is 0 Å². The van der Waals surface area contributed by atoms with Gasteiger partial charge in [-0.3, -0.25) is 14.6 Å². The normalized spacial score (nSPS) is 13.0. The van der Waals surface area contributed by atoms with Crippen LogP contribution in [0.5, 0.6) is 0 Å². The van der Waals surface area contributed by atoms with Gasteiger partial charge in [0, 0.05) is 29.2 Å². The maximum absolute atomic E-state index is 12.3. The molecule has 1 amide bonds. The highest BCUT2D eigenvalue weighted by atomic mass is 16.1. The zero-order valence-corrected chi connectivity index (χ0v) is 14.9. The SMILES string of the molecule is O=C(Cc1ccncc1)Nc1cccc(-c2n[nH]c(=O)c3c2CCCC3)c1. The second-order valence-electron chi connectivity index (χ2n) is 6.73. The molecule has 2 aromatic heterocycles. The van der Waals surface area contributed by atoms with Crippen LogP contribution >= 0.6 is 0 Å². The molecule has 0 aliphatic heterocycles. The number of anilines is 1. The molecule has 1 aliphatic rings. The van der Waals surface area contributed by atoms with Gasteiger partial charge in [-0.15, -0.1) is 0 Å². The van der Waals surface area contributed by atoms with Crippen molar-refractivity contribution in [2.24, 2.45) is 0 Å². The van der Waals surface area contributed by atoms with E-state index in [1.54, 1.807) is 12.4 Å². The van der Waals surface area contributed by atoms with Crippen molar-refractivity contribution in [1.82, 2.24) is 15.2 Å². The zero-order valence-electron chi connectivity index (χ0n) is 14.9. The van der Waals surface area contributed by atoms with Gasteiger partial charge in [-0.1, -0.05) is 12.1 Å². The molecule has 136 valence electrons. The molecule has 4 rings (SSSR count). The Labute approximate surface area is 156 Å². The Morgan fingerprint density at radius 1 is 1.07 bits per heavy atom. The minimum Gasteiger partial charge on any atom is -0.326 e. The first-order valence-corrected chi connectivity index (χ1v) is 9.10. The van der Waals surface area contributed by atoms with Crippen LogP contribution in [0.3, 0.4) is 0 Å². The molecular formula is C21H20N4O2. The third-order valence-electron chi connectivity index (χ3n) is 4.83. The van der Waals surface area contributed by atoms with Crippen LogP contribution in [0.4, 0.5) is 5.69 Å². The van der Waals surface area contributed by atoms with Crippen molar-refractivity contribution < 1.29 is 4.79 Å². The Morgan fingerprint density at radius 3 is 2.67 bits per heavy atom. The lowest BCUT2D eigenvalue weighted by atomic mass is 9.90. The fraction of sp³-hybridized carbons (Fsp3) is 0.238. The van der Waals surface area contributed by atoms with E-state index in [0.29, 0.717) is 12.1 Å². The topological polar surface area (TPSA) is 87.7 Å². The van der Waals surface area contributed by atoms with Crippen molar-refractivity contribution in [2.45, 2.75) is 32.1 Å². The molecule has 0 atom stereocenters. The van der Waals surface area contributed by atoms with E-state index in [0.717, 1.165) is 53.6 Å². The number of nitrogens with zero attached hydrogens (tertiary/aromatic N) is 2. The first kappa shape index (κ1) is 17.1. The van der Waals surface area contributed by atoms with Gasteiger partial charge in [0.1, 0.15) is 0 Å². The van der Waals surface area contributed by atoms with Crippen LogP contribution in [0.25, 0.3) is 11.3 Å². The Bertz CT molecular complexity index is 1030. The van der Waals surface area contributed by atoms with Gasteiger partial charge in [0.15, 0.2) is 0 Å². The molecular weight excluding hydrogens is 340 g/mol. The summed E-state index contributed by atoms with van der Waals surface area (Å²) in [7, 11) is 0. The lowest BCUT2D eigenvalue weighted by Crippen LogP contribution is -2.21. The molecule has 0 bridgehead atoms. The van der Waals surface area contributed by atoms with Crippen molar-refractivity contribution in [3.05, 3.63) is 75.8 Å². The van der Waals surface area contributed by atoms with E-state index in [2.05, 4.69) is 20.5 Å². The number of nitrogens with one attached hydrogen (secondary N) is 2. The van der Waals surface area contributed by atoms with Crippen molar-refractivity contribution in [3.63, 3.8) is 0 Å². The van der Waals surface area contributed by atoms with E-state index in [1.165, 1.54) is 0 Å². The number of pyridine rings is 1. The summed E-state index contributed by atoms with van der Waals surface area (Å²) in [6.45, 7) is 0. The van der Waals surface area contributed by atoms with Crippen molar-refractivity contribution in [2.75, 3.05) is 5.32 Å². The summed E-state index contributed by atoms with van der Waals surface area (Å²) in [5.41, 5.74) is 5.11. The number of carbonyl (C=O) groups is 1. The molecule has 0 saturated carbocycles. The molecule has 2 heterocycles. The number of aromatic nitrogens is 3. The summed E-state index contributed by atoms with van der Waals surface area (Å²) < 4.78 is 0. The molecule has 6 nitrogen and oxygen atoms in total. The molecule has 6 heteroatoms. The van der Waals surface area contributed by atoms with E-state index < -0.39 is 0 Å². The molecule has 2 N–H and O–H groups in total. The maximum atomic E-state index is 12.3. The third-order valence-corrected chi connectivity index (χ3v) is 4.83. The standard InChI is InChI=1S/C21H20N4O2/c26-19(12-14-8-10-22-11-9-14)23-16-5-3-4-15(13-16)20-17-6-1-2-7-18(17)21(27)25-24-20/h3-5,8-11,13H,1-2,6-7,12H2,(H,23,26)(H,25,27). The molecule has 0 radical (unpaired) electrons. The minimum absolute atomic E-state index is 0.0877. The summed E-state index contributed by atoms with van der Waals surface area (Å²) in [5.74, 6) is -0.0881. The zero-order chi connectivity index (χ0) is 18.6. The lowest BCUT2D eigenvalue weighted by molar-refractivity contribution is -0.115. The highest BCUT2D eigenvalue weighted by Crippen LogP contribution is 2.29. The summed E-state index contributed by atoms with van der Waals surface area (Å²) in [6.07, 6.45) is 7.39. The molecule has 27 heavy (non-hydrogen) atoms. The summed E-state index contributed by atoms with van der Waals surface area (Å²) in [4.78, 5) is 28.3. The van der Waals surface area contributed by atoms with E-state index in [-0.39, 0.29) is 11.5 Å². The molecule has 1 aliphatic carbocycles. The number of carbonyl (C=O) groups excluding carboxylic acids is 1. The number of hydrogen-bond acceptors (Lipinski definition) is 4. The van der Waals surface area contributed by atoms with Gasteiger partial charge in [-0.25, -0.2) is 5.10 Å². The van der Waals surface area contributed by atoms with Crippen LogP contribution in [0, 0.1) is 0 Å². The first-order valence-electron chi connectivity index (χ1n) is 9.10. The quantitative estimate of drug-likeness (QED) is 0.749. The number of rotatable bonds is 4. The van der Waals surface area contributed by atoms with Crippen LogP contribution in [0.15, 0.2) is 53.6 Å². The largest absolute Gasteiger partial charge is 0.326 e. The summed E-state index contributed by atoms with van der Waals surface area (Å²) in [5, 5.41) is 9.85. The minimum atomic E-state index is -0.0881. The second kappa shape index (κ2) is 7.53. The predicted octanol–water partition coefficient (Wildman–Crippen LogP) is 2.89. The second-order valence-corrected chi connectivity index (χ2v) is 6.73. The molecule has 3 aromatic rings. The van der Waals surface area contributed by atoms with E-state index in [9.17, 15) is 9.59 Å². The van der Waals surface area contributed by atoms with Crippen LogP contribution in [0.2, 0.25) is 0 Å². The van der Waals surface area contributed by atoms with Gasteiger partial charge in [-0.2, -0.15) is 5.10 Å². The Kier molecular flexibility index (Phi) is 4.78. The Balaban J connectivity index is 1.58. The average Bonchev–Trinajstić information content (AvgIpc) is 2.69. The van der Waals surface area contributed by atoms with Gasteiger partial charge in [0.2, 0.25) is 5.91 Å². The van der Waals surface area contributed by atoms with Crippen LogP contribution in [0.1, 0.15) is 29.5 Å². The number of fused-ring (bicyclic) bond motifs is 1. The maximum Gasteiger partial charge on any atom is 0.267 e. The molecule has 0 fully saturated rings. The van der Waals surface area contributed by atoms with Crippen LogP contribution in [-0.4, -0.2) is 21.1 Å². The molecule has 1 aromatic carbocycles. The van der Waals surface area contributed by atoms with Gasteiger partial charge in [-0.05, 0) is 61.1 Å². The first-order chi connectivity index (χ1) is 13.2. The third kappa shape index (κ3) is 3.79. The van der Waals surface area contributed by atoms with Crippen LogP contribution < -0.4 is 10.9 Å². The van der Waals surface area contributed by atoms with Crippen molar-refractivity contribution in [1.29, 1.82) is 0 Å². The Morgan fingerprint density at radius 2 is 1.85 bits per heavy atom. The number of H-pyrrole nitrogens is 1. The summed E-state index contributed by atoms with van der Waals surface area (Å²) >= 11 is 0. The highest BCUT2D eigenvalue weighted by Gasteiger charge is 2.19. The monoisotopic (exact) mass is 360 g/mol. The van der Waals surface area contributed by atoms with Crippen molar-refractivity contribution in [3.8, 4) is 11.3 Å². The molecule has 0 unspecified atom stereocenters. The highest BCUT2D eigenvalue weighted by molar-refractivity contribution is 5.92. The molecule has 0 spiro atoms. The van der Waals surface area contributed by atoms with Gasteiger partial charge in [0.25, 0.3) is 5.56 Å². The van der Waals surface area contributed by atoms with E-state index in [1.807, 2.05) is 36.4 Å². The fourth-order valence-electron chi connectivity index (χ4n) is 3.53. The van der Waals surface area contributed by atoms with Gasteiger partial charge < -0.3 is 5.32 Å².